The van der Waals surface area contributed by atoms with E-state index < -0.39 is 6.04 Å². The van der Waals surface area contributed by atoms with Gasteiger partial charge < -0.3 is 10.6 Å². The molecule has 138 valence electrons. The van der Waals surface area contributed by atoms with Gasteiger partial charge in [-0.3, -0.25) is 4.79 Å². The van der Waals surface area contributed by atoms with E-state index in [1.165, 1.54) is 5.56 Å². The number of piperidine rings is 1. The predicted octanol–water partition coefficient (Wildman–Crippen LogP) is 4.01. The number of nitrogens with zero attached hydrogens (tertiary/aromatic N) is 2. The van der Waals surface area contributed by atoms with Crippen LogP contribution in [0, 0.1) is 13.8 Å². The van der Waals surface area contributed by atoms with Crippen LogP contribution in [0.25, 0.3) is 0 Å². The van der Waals surface area contributed by atoms with E-state index in [9.17, 15) is 4.79 Å². The van der Waals surface area contributed by atoms with Gasteiger partial charge in [-0.25, -0.2) is 4.98 Å². The van der Waals surface area contributed by atoms with Gasteiger partial charge in [0, 0.05) is 30.1 Å². The van der Waals surface area contributed by atoms with E-state index in [4.69, 9.17) is 5.73 Å². The largest absolute Gasteiger partial charge is 0.340 e. The van der Waals surface area contributed by atoms with Gasteiger partial charge in [0.15, 0.2) is 0 Å². The third kappa shape index (κ3) is 5.17. The summed E-state index contributed by atoms with van der Waals surface area (Å²) in [6, 6.07) is 7.32. The first-order valence-electron chi connectivity index (χ1n) is 8.07. The number of rotatable bonds is 3. The summed E-state index contributed by atoms with van der Waals surface area (Å²) >= 11 is 1.70. The summed E-state index contributed by atoms with van der Waals surface area (Å²) in [6.07, 6.45) is 2.10. The van der Waals surface area contributed by atoms with Crippen LogP contribution in [0.5, 0.6) is 0 Å². The molecule has 1 aromatic heterocycles. The lowest BCUT2D eigenvalue weighted by atomic mass is 9.97. The Kier molecular flexibility index (Phi) is 8.35. The summed E-state index contributed by atoms with van der Waals surface area (Å²) < 4.78 is 0. The molecule has 1 aliphatic heterocycles. The smallest absolute Gasteiger partial charge is 0.244 e. The topological polar surface area (TPSA) is 59.2 Å². The Hall–Kier alpha value is -1.14. The number of benzene rings is 1. The molecule has 2 heterocycles. The number of hydrogen-bond acceptors (Lipinski definition) is 4. The molecule has 25 heavy (non-hydrogen) atoms. The van der Waals surface area contributed by atoms with Gasteiger partial charge in [0.05, 0.1) is 5.01 Å². The van der Waals surface area contributed by atoms with Crippen molar-refractivity contribution >= 4 is 42.1 Å². The predicted molar refractivity (Wildman–Crippen MR) is 108 cm³/mol. The van der Waals surface area contributed by atoms with Gasteiger partial charge in [-0.1, -0.05) is 29.8 Å². The Morgan fingerprint density at radius 3 is 2.56 bits per heavy atom. The Bertz CT molecular complexity index is 690. The third-order valence-electron chi connectivity index (χ3n) is 4.42. The molecule has 2 N–H and O–H groups in total. The van der Waals surface area contributed by atoms with Crippen molar-refractivity contribution in [1.29, 1.82) is 0 Å². The summed E-state index contributed by atoms with van der Waals surface area (Å²) in [5, 5.41) is 3.22. The normalized spacial score (nSPS) is 18.0. The molecule has 0 spiro atoms. The lowest BCUT2D eigenvalue weighted by Crippen LogP contribution is -2.43. The number of carbonyl (C=O) groups is 1. The molecule has 0 saturated carbocycles. The standard InChI is InChI=1S/C18H23N3OS.2ClH/c1-12-5-7-14(8-6-12)16(19)18(22)21-9-3-4-15(10-21)17-20-13(2)11-23-17;;/h5-8,11,15-16H,3-4,9-10,19H2,1-2H3;2*1H. The molecule has 4 nitrogen and oxygen atoms in total. The highest BCUT2D eigenvalue weighted by atomic mass is 35.5. The molecule has 0 radical (unpaired) electrons. The summed E-state index contributed by atoms with van der Waals surface area (Å²) in [5.41, 5.74) is 9.32. The summed E-state index contributed by atoms with van der Waals surface area (Å²) in [6.45, 7) is 5.56. The number of hydrogen-bond donors (Lipinski definition) is 1. The number of likely N-dealkylation sites (tertiary alicyclic amines) is 1. The van der Waals surface area contributed by atoms with E-state index in [0.29, 0.717) is 5.92 Å². The third-order valence-corrected chi connectivity index (χ3v) is 5.55. The first-order valence-corrected chi connectivity index (χ1v) is 8.95. The van der Waals surface area contributed by atoms with Crippen LogP contribution < -0.4 is 5.73 Å². The number of aromatic nitrogens is 1. The van der Waals surface area contributed by atoms with E-state index in [1.807, 2.05) is 43.0 Å². The summed E-state index contributed by atoms with van der Waals surface area (Å²) in [4.78, 5) is 19.3. The van der Waals surface area contributed by atoms with E-state index in [0.717, 1.165) is 42.2 Å². The zero-order chi connectivity index (χ0) is 16.4. The molecule has 1 amide bonds. The molecule has 2 aromatic rings. The fraction of sp³-hybridized carbons (Fsp3) is 0.444. The van der Waals surface area contributed by atoms with Crippen LogP contribution in [-0.4, -0.2) is 28.9 Å². The maximum Gasteiger partial charge on any atom is 0.244 e. The molecule has 0 aliphatic carbocycles. The van der Waals surface area contributed by atoms with Crippen LogP contribution in [0.1, 0.15) is 46.6 Å². The number of nitrogens with two attached hydrogens (primary N) is 1. The molecule has 2 unspecified atom stereocenters. The van der Waals surface area contributed by atoms with Gasteiger partial charge in [0.1, 0.15) is 6.04 Å². The van der Waals surface area contributed by atoms with Gasteiger partial charge in [-0.05, 0) is 32.3 Å². The Balaban J connectivity index is 0.00000156. The SMILES string of the molecule is Cc1ccc(C(N)C(=O)N2CCCC(c3nc(C)cs3)C2)cc1.Cl.Cl. The van der Waals surface area contributed by atoms with Crippen molar-refractivity contribution in [2.24, 2.45) is 5.73 Å². The first kappa shape index (κ1) is 21.9. The van der Waals surface area contributed by atoms with Crippen molar-refractivity contribution in [3.63, 3.8) is 0 Å². The molecule has 1 aliphatic rings. The average molecular weight is 402 g/mol. The maximum absolute atomic E-state index is 12.7. The van der Waals surface area contributed by atoms with E-state index in [2.05, 4.69) is 10.4 Å². The molecule has 1 aromatic carbocycles. The van der Waals surface area contributed by atoms with Crippen molar-refractivity contribution in [2.75, 3.05) is 13.1 Å². The van der Waals surface area contributed by atoms with Crippen molar-refractivity contribution in [3.8, 4) is 0 Å². The lowest BCUT2D eigenvalue weighted by molar-refractivity contribution is -0.134. The molecule has 7 heteroatoms. The van der Waals surface area contributed by atoms with Crippen molar-refractivity contribution in [3.05, 3.63) is 51.5 Å². The lowest BCUT2D eigenvalue weighted by Gasteiger charge is -2.33. The Morgan fingerprint density at radius 2 is 1.96 bits per heavy atom. The molecular weight excluding hydrogens is 377 g/mol. The van der Waals surface area contributed by atoms with Gasteiger partial charge in [-0.2, -0.15) is 0 Å². The zero-order valence-electron chi connectivity index (χ0n) is 14.5. The summed E-state index contributed by atoms with van der Waals surface area (Å²) in [5.74, 6) is 0.364. The van der Waals surface area contributed by atoms with Gasteiger partial charge in [0.2, 0.25) is 5.91 Å². The molecule has 1 fully saturated rings. The zero-order valence-corrected chi connectivity index (χ0v) is 16.9. The van der Waals surface area contributed by atoms with Crippen molar-refractivity contribution in [1.82, 2.24) is 9.88 Å². The maximum atomic E-state index is 12.7. The van der Waals surface area contributed by atoms with Crippen molar-refractivity contribution < 1.29 is 4.79 Å². The highest BCUT2D eigenvalue weighted by molar-refractivity contribution is 7.09. The monoisotopic (exact) mass is 401 g/mol. The van der Waals surface area contributed by atoms with Gasteiger partial charge >= 0.3 is 0 Å². The van der Waals surface area contributed by atoms with Crippen molar-refractivity contribution in [2.45, 2.75) is 38.6 Å². The van der Waals surface area contributed by atoms with Gasteiger partial charge in [0.25, 0.3) is 0 Å². The van der Waals surface area contributed by atoms with Crippen LogP contribution in [0.15, 0.2) is 29.6 Å². The Morgan fingerprint density at radius 1 is 1.28 bits per heavy atom. The molecule has 1 saturated heterocycles. The molecule has 3 rings (SSSR count). The molecule has 0 bridgehead atoms. The van der Waals surface area contributed by atoms with Crippen LogP contribution in [-0.2, 0) is 4.79 Å². The minimum atomic E-state index is -0.576. The Labute approximate surface area is 165 Å². The number of halogens is 2. The van der Waals surface area contributed by atoms with Crippen LogP contribution in [0.3, 0.4) is 0 Å². The summed E-state index contributed by atoms with van der Waals surface area (Å²) in [7, 11) is 0. The van der Waals surface area contributed by atoms with Crippen LogP contribution in [0.2, 0.25) is 0 Å². The number of aryl methyl sites for hydroxylation is 2. The van der Waals surface area contributed by atoms with E-state index >= 15 is 0 Å². The minimum Gasteiger partial charge on any atom is -0.340 e. The minimum absolute atomic E-state index is 0. The highest BCUT2D eigenvalue weighted by Crippen LogP contribution is 2.30. The first-order chi connectivity index (χ1) is 11.0. The number of amides is 1. The van der Waals surface area contributed by atoms with E-state index in [1.54, 1.807) is 11.3 Å². The fourth-order valence-electron chi connectivity index (χ4n) is 3.05. The average Bonchev–Trinajstić information content (AvgIpc) is 3.01. The second kappa shape index (κ2) is 9.53. The quantitative estimate of drug-likeness (QED) is 0.844. The second-order valence-corrected chi connectivity index (χ2v) is 7.23. The second-order valence-electron chi connectivity index (χ2n) is 6.34. The van der Waals surface area contributed by atoms with Crippen LogP contribution >= 0.6 is 36.2 Å². The number of carbonyl (C=O) groups excluding carboxylic acids is 1. The van der Waals surface area contributed by atoms with Crippen LogP contribution in [0.4, 0.5) is 0 Å². The highest BCUT2D eigenvalue weighted by Gasteiger charge is 2.29. The number of thiazole rings is 1. The fourth-order valence-corrected chi connectivity index (χ4v) is 3.98. The molecular formula is C18H25Cl2N3OS. The molecule has 2 atom stereocenters. The van der Waals surface area contributed by atoms with Gasteiger partial charge in [-0.15, -0.1) is 36.2 Å². The van der Waals surface area contributed by atoms with E-state index in [-0.39, 0.29) is 30.7 Å².